The number of aromatic nitrogens is 1. The largest absolute Gasteiger partial charge is 0.380 e. The van der Waals surface area contributed by atoms with E-state index < -0.39 is 17.5 Å². The molecular formula is C24H22F2N6O. The number of nitrogens with two attached hydrogens (primary N) is 1. The van der Waals surface area contributed by atoms with E-state index in [2.05, 4.69) is 26.6 Å². The molecule has 2 aromatic carbocycles. The summed E-state index contributed by atoms with van der Waals surface area (Å²) in [4.78, 5) is 18.1. The van der Waals surface area contributed by atoms with Crippen LogP contribution in [0.3, 0.4) is 0 Å². The molecule has 7 nitrogen and oxygen atoms in total. The number of hydrogen-bond acceptors (Lipinski definition) is 6. The van der Waals surface area contributed by atoms with Gasteiger partial charge in [0.2, 0.25) is 0 Å². The minimum atomic E-state index is -0.688. The number of pyridine rings is 1. The number of carbonyl (C=O) groups is 1. The maximum atomic E-state index is 13.9. The van der Waals surface area contributed by atoms with Crippen molar-refractivity contribution in [2.45, 2.75) is 12.5 Å². The molecule has 4 N–H and O–H groups in total. The minimum Gasteiger partial charge on any atom is -0.380 e. The Bertz CT molecular complexity index is 1200. The van der Waals surface area contributed by atoms with Gasteiger partial charge in [-0.2, -0.15) is 5.26 Å². The first-order valence-electron chi connectivity index (χ1n) is 10.4. The van der Waals surface area contributed by atoms with Gasteiger partial charge in [0.15, 0.2) is 0 Å². The van der Waals surface area contributed by atoms with Gasteiger partial charge in [-0.1, -0.05) is 12.1 Å². The predicted molar refractivity (Wildman–Crippen MR) is 121 cm³/mol. The first-order valence-corrected chi connectivity index (χ1v) is 10.4. The summed E-state index contributed by atoms with van der Waals surface area (Å²) in [6, 6.07) is 14.9. The lowest BCUT2D eigenvalue weighted by atomic mass is 9.91. The molecule has 0 unspecified atom stereocenters. The van der Waals surface area contributed by atoms with Gasteiger partial charge in [0, 0.05) is 49.1 Å². The fourth-order valence-corrected chi connectivity index (χ4v) is 3.73. The maximum absolute atomic E-state index is 13.9. The average Bonchev–Trinajstić information content (AvgIpc) is 2.77. The summed E-state index contributed by atoms with van der Waals surface area (Å²) in [5, 5.41) is 14.9. The van der Waals surface area contributed by atoms with Crippen LogP contribution in [0.2, 0.25) is 0 Å². The van der Waals surface area contributed by atoms with Gasteiger partial charge in [0.25, 0.3) is 5.91 Å². The van der Waals surface area contributed by atoms with Crippen molar-refractivity contribution in [2.24, 2.45) is 5.73 Å². The molecule has 0 bridgehead atoms. The number of hydrogen-bond donors (Lipinski definition) is 3. The molecule has 168 valence electrons. The quantitative estimate of drug-likeness (QED) is 0.453. The molecule has 9 heteroatoms. The van der Waals surface area contributed by atoms with Crippen LogP contribution in [0.1, 0.15) is 27.4 Å². The lowest BCUT2D eigenvalue weighted by Gasteiger charge is -2.37. The Balaban J connectivity index is 1.45. The number of nitrogens with one attached hydrogen (secondary N) is 2. The van der Waals surface area contributed by atoms with Crippen LogP contribution in [-0.4, -0.2) is 35.4 Å². The van der Waals surface area contributed by atoms with E-state index in [1.54, 1.807) is 6.07 Å². The van der Waals surface area contributed by atoms with Crippen LogP contribution in [-0.2, 0) is 6.54 Å². The summed E-state index contributed by atoms with van der Waals surface area (Å²) >= 11 is 0. The summed E-state index contributed by atoms with van der Waals surface area (Å²) in [6.07, 6.45) is 1.33. The average molecular weight is 448 g/mol. The number of anilines is 3. The zero-order valence-electron chi connectivity index (χ0n) is 17.7. The van der Waals surface area contributed by atoms with E-state index in [0.717, 1.165) is 37.0 Å². The van der Waals surface area contributed by atoms with Crippen molar-refractivity contribution in [2.75, 3.05) is 30.3 Å². The summed E-state index contributed by atoms with van der Waals surface area (Å²) in [7, 11) is 0. The van der Waals surface area contributed by atoms with E-state index in [9.17, 15) is 13.6 Å². The number of halogens is 2. The third-order valence-corrected chi connectivity index (χ3v) is 5.55. The normalized spacial score (nSPS) is 13.7. The highest BCUT2D eigenvalue weighted by atomic mass is 19.1. The highest BCUT2D eigenvalue weighted by Gasteiger charge is 2.27. The molecule has 1 aliphatic heterocycles. The van der Waals surface area contributed by atoms with E-state index in [1.807, 2.05) is 24.3 Å². The van der Waals surface area contributed by atoms with Gasteiger partial charge in [0.1, 0.15) is 17.5 Å². The molecule has 4 rings (SSSR count). The molecule has 1 fully saturated rings. The molecule has 0 aliphatic carbocycles. The van der Waals surface area contributed by atoms with Crippen molar-refractivity contribution in [3.63, 3.8) is 0 Å². The number of nitrogens with zero attached hydrogens (tertiary/aromatic N) is 3. The topological polar surface area (TPSA) is 107 Å². The van der Waals surface area contributed by atoms with Crippen LogP contribution in [0.4, 0.5) is 26.0 Å². The van der Waals surface area contributed by atoms with Crippen LogP contribution in [0, 0.1) is 23.0 Å². The summed E-state index contributed by atoms with van der Waals surface area (Å²) in [6.45, 7) is 2.16. The van der Waals surface area contributed by atoms with Gasteiger partial charge in [-0.05, 0) is 35.9 Å². The lowest BCUT2D eigenvalue weighted by molar-refractivity contribution is 0.100. The number of nitriles is 1. The van der Waals surface area contributed by atoms with E-state index >= 15 is 0 Å². The Kier molecular flexibility index (Phi) is 6.47. The Morgan fingerprint density at radius 1 is 1.18 bits per heavy atom. The molecule has 1 amide bonds. The van der Waals surface area contributed by atoms with Crippen molar-refractivity contribution in [3.05, 3.63) is 83.1 Å². The monoisotopic (exact) mass is 448 g/mol. The first-order chi connectivity index (χ1) is 15.9. The molecule has 0 radical (unpaired) electrons. The number of benzene rings is 2. The molecule has 1 aromatic heterocycles. The van der Waals surface area contributed by atoms with Gasteiger partial charge in [-0.15, -0.1) is 0 Å². The maximum Gasteiger partial charge on any atom is 0.252 e. The molecule has 1 saturated heterocycles. The number of amides is 1. The molecular weight excluding hydrogens is 426 g/mol. The molecule has 0 atom stereocenters. The highest BCUT2D eigenvalue weighted by molar-refractivity contribution is 5.98. The molecule has 0 spiro atoms. The predicted octanol–water partition coefficient (Wildman–Crippen LogP) is 3.74. The van der Waals surface area contributed by atoms with E-state index in [4.69, 9.17) is 11.0 Å². The van der Waals surface area contributed by atoms with Crippen molar-refractivity contribution >= 4 is 23.1 Å². The van der Waals surface area contributed by atoms with Crippen molar-refractivity contribution in [3.8, 4) is 6.07 Å². The molecule has 2 heterocycles. The van der Waals surface area contributed by atoms with E-state index in [1.165, 1.54) is 11.8 Å². The SMILES string of the molecule is N#CCN1CC(c2ccc(Nc3cc(NCc4cc(F)ccc4F)c(C(N)=O)cn3)cc2)C1. The third-order valence-electron chi connectivity index (χ3n) is 5.55. The van der Waals surface area contributed by atoms with Gasteiger partial charge < -0.3 is 16.4 Å². The van der Waals surface area contributed by atoms with Crippen LogP contribution >= 0.6 is 0 Å². The van der Waals surface area contributed by atoms with E-state index in [0.29, 0.717) is 24.0 Å². The second-order valence-corrected chi connectivity index (χ2v) is 7.86. The number of rotatable bonds is 8. The highest BCUT2D eigenvalue weighted by Crippen LogP contribution is 2.28. The molecule has 0 saturated carbocycles. The summed E-state index contributed by atoms with van der Waals surface area (Å²) < 4.78 is 27.4. The molecule has 1 aliphatic rings. The number of primary amides is 1. The lowest BCUT2D eigenvalue weighted by Crippen LogP contribution is -2.44. The van der Waals surface area contributed by atoms with Gasteiger partial charge in [-0.3, -0.25) is 9.69 Å². The Morgan fingerprint density at radius 2 is 1.94 bits per heavy atom. The van der Waals surface area contributed by atoms with Crippen LogP contribution in [0.5, 0.6) is 0 Å². The number of carbonyl (C=O) groups excluding carboxylic acids is 1. The van der Waals surface area contributed by atoms with Crippen molar-refractivity contribution in [1.29, 1.82) is 5.26 Å². The summed E-state index contributed by atoms with van der Waals surface area (Å²) in [5.41, 5.74) is 8.05. The van der Waals surface area contributed by atoms with Crippen molar-refractivity contribution in [1.82, 2.24) is 9.88 Å². The summed E-state index contributed by atoms with van der Waals surface area (Å²) in [5.74, 6) is -0.924. The fourth-order valence-electron chi connectivity index (χ4n) is 3.73. The Morgan fingerprint density at radius 3 is 2.64 bits per heavy atom. The third kappa shape index (κ3) is 5.25. The van der Waals surface area contributed by atoms with E-state index in [-0.39, 0.29) is 17.7 Å². The zero-order valence-corrected chi connectivity index (χ0v) is 17.7. The van der Waals surface area contributed by atoms with Gasteiger partial charge in [-0.25, -0.2) is 13.8 Å². The Labute approximate surface area is 189 Å². The second kappa shape index (κ2) is 9.63. The minimum absolute atomic E-state index is 0.0355. The van der Waals surface area contributed by atoms with Crippen LogP contribution in [0.25, 0.3) is 0 Å². The smallest absolute Gasteiger partial charge is 0.252 e. The first kappa shape index (κ1) is 22.2. The van der Waals surface area contributed by atoms with Gasteiger partial charge in [0.05, 0.1) is 23.9 Å². The van der Waals surface area contributed by atoms with Crippen LogP contribution in [0.15, 0.2) is 54.7 Å². The molecule has 3 aromatic rings. The number of likely N-dealkylation sites (tertiary alicyclic amines) is 1. The van der Waals surface area contributed by atoms with Gasteiger partial charge >= 0.3 is 0 Å². The van der Waals surface area contributed by atoms with Crippen molar-refractivity contribution < 1.29 is 13.6 Å². The van der Waals surface area contributed by atoms with Crippen LogP contribution < -0.4 is 16.4 Å². The second-order valence-electron chi connectivity index (χ2n) is 7.86. The standard InChI is InChI=1S/C24H22F2N6O/c25-18-3-6-21(26)16(9-18)11-29-22-10-23(30-12-20(22)24(28)33)31-19-4-1-15(2-5-19)17-13-32(14-17)8-7-27/h1-6,9-10,12,17H,8,11,13-14H2,(H2,28,33)(H2,29,30,31). The molecule has 33 heavy (non-hydrogen) atoms. The Hall–Kier alpha value is -4.03. The fraction of sp³-hybridized carbons (Fsp3) is 0.208. The zero-order chi connectivity index (χ0) is 23.4.